The summed E-state index contributed by atoms with van der Waals surface area (Å²) in [5, 5.41) is 22.7. The average molecular weight is 304 g/mol. The highest BCUT2D eigenvalue weighted by atomic mass is 19.4. The van der Waals surface area contributed by atoms with E-state index in [9.17, 15) is 18.4 Å². The molecule has 0 radical (unpaired) electrons. The first-order chi connectivity index (χ1) is 9.82. The van der Waals surface area contributed by atoms with Crippen LogP contribution in [0.15, 0.2) is 18.2 Å². The van der Waals surface area contributed by atoms with E-state index in [1.165, 1.54) is 6.07 Å². The van der Waals surface area contributed by atoms with Crippen molar-refractivity contribution in [2.45, 2.75) is 19.0 Å². The summed E-state index contributed by atoms with van der Waals surface area (Å²) in [5.74, 6) is -1.27. The third kappa shape index (κ3) is 3.51. The van der Waals surface area contributed by atoms with Gasteiger partial charge in [-0.25, -0.2) is 0 Å². The smallest absolute Gasteiger partial charge is 0.391 e. The molecule has 2 rings (SSSR count). The molecule has 0 atom stereocenters. The summed E-state index contributed by atoms with van der Waals surface area (Å²) in [5.41, 5.74) is 1.11. The van der Waals surface area contributed by atoms with E-state index < -0.39 is 12.1 Å². The van der Waals surface area contributed by atoms with Crippen molar-refractivity contribution in [2.24, 2.45) is 5.92 Å². The van der Waals surface area contributed by atoms with Gasteiger partial charge in [-0.3, -0.25) is 5.21 Å². The fourth-order valence-corrected chi connectivity index (χ4v) is 2.55. The van der Waals surface area contributed by atoms with Gasteiger partial charge < -0.3 is 20.7 Å². The number of rotatable bonds is 3. The summed E-state index contributed by atoms with van der Waals surface area (Å²) in [7, 11) is 1.61. The van der Waals surface area contributed by atoms with Gasteiger partial charge in [0.15, 0.2) is 0 Å². The highest BCUT2D eigenvalue weighted by Crippen LogP contribution is 2.37. The lowest BCUT2D eigenvalue weighted by Gasteiger charge is -2.35. The van der Waals surface area contributed by atoms with E-state index in [2.05, 4.69) is 5.32 Å². The Hall–Kier alpha value is -1.67. The number of hydrogen-bond donors (Lipinski definition) is 2. The number of anilines is 3. The lowest BCUT2D eigenvalue weighted by molar-refractivity contribution is -0.179. The summed E-state index contributed by atoms with van der Waals surface area (Å²) in [4.78, 5) is 1.79. The van der Waals surface area contributed by atoms with E-state index >= 15 is 0 Å². The Kier molecular flexibility index (Phi) is 4.48. The van der Waals surface area contributed by atoms with Gasteiger partial charge in [-0.05, 0) is 31.0 Å². The molecule has 1 aliphatic heterocycles. The molecule has 0 aromatic heterocycles. The van der Waals surface area contributed by atoms with Gasteiger partial charge in [0.05, 0.1) is 17.3 Å². The normalized spacial score (nSPS) is 17.0. The number of alkyl halides is 3. The maximum atomic E-state index is 12.6. The van der Waals surface area contributed by atoms with Gasteiger partial charge in [0.1, 0.15) is 0 Å². The minimum absolute atomic E-state index is 0.0346. The molecule has 21 heavy (non-hydrogen) atoms. The number of nitrogens with zero attached hydrogens (tertiary/aromatic N) is 2. The van der Waals surface area contributed by atoms with E-state index in [1.54, 1.807) is 24.1 Å². The lowest BCUT2D eigenvalue weighted by Crippen LogP contribution is -2.39. The third-order valence-electron chi connectivity index (χ3n) is 3.78. The number of halogens is 3. The van der Waals surface area contributed by atoms with Gasteiger partial charge in [0.2, 0.25) is 0 Å². The Labute approximate surface area is 120 Å². The fourth-order valence-electron chi connectivity index (χ4n) is 2.55. The zero-order valence-electron chi connectivity index (χ0n) is 11.5. The summed E-state index contributed by atoms with van der Waals surface area (Å²) in [6.45, 7) is 0.541. The monoisotopic (exact) mass is 304 g/mol. The second-order valence-corrected chi connectivity index (χ2v) is 5.03. The molecule has 8 heteroatoms. The van der Waals surface area contributed by atoms with Crippen LogP contribution in [0.1, 0.15) is 12.8 Å². The van der Waals surface area contributed by atoms with Crippen LogP contribution >= 0.6 is 0 Å². The van der Waals surface area contributed by atoms with Crippen molar-refractivity contribution in [1.29, 1.82) is 0 Å². The number of benzene rings is 1. The molecule has 118 valence electrons. The number of piperidine rings is 1. The Balaban J connectivity index is 2.12. The topological polar surface area (TPSA) is 61.8 Å². The molecule has 1 heterocycles. The van der Waals surface area contributed by atoms with E-state index in [1.807, 2.05) is 0 Å². The summed E-state index contributed by atoms with van der Waals surface area (Å²) < 4.78 is 37.9. The Morgan fingerprint density at radius 2 is 1.95 bits per heavy atom. The molecule has 2 N–H and O–H groups in total. The quantitative estimate of drug-likeness (QED) is 0.840. The molecule has 1 aromatic carbocycles. The first-order valence-corrected chi connectivity index (χ1v) is 6.62. The highest BCUT2D eigenvalue weighted by molar-refractivity contribution is 5.74. The third-order valence-corrected chi connectivity index (χ3v) is 3.78. The molecule has 0 aliphatic carbocycles. The molecule has 5 nitrogen and oxygen atoms in total. The summed E-state index contributed by atoms with van der Waals surface area (Å²) in [6, 6.07) is 4.79. The van der Waals surface area contributed by atoms with Crippen molar-refractivity contribution >= 4 is 17.1 Å². The van der Waals surface area contributed by atoms with Crippen LogP contribution in [0.25, 0.3) is 0 Å². The zero-order valence-corrected chi connectivity index (χ0v) is 11.5. The number of hydrogen-bond acceptors (Lipinski definition) is 5. The second kappa shape index (κ2) is 5.98. The first kappa shape index (κ1) is 15.7. The van der Waals surface area contributed by atoms with Gasteiger partial charge in [-0.1, -0.05) is 0 Å². The molecule has 1 aromatic rings. The van der Waals surface area contributed by atoms with Gasteiger partial charge in [0, 0.05) is 25.8 Å². The molecule has 1 saturated heterocycles. The SMILES string of the molecule is CNc1ccc(N2CCC(C(F)(F)F)CC2)cc1N([O-])O. The van der Waals surface area contributed by atoms with Gasteiger partial charge >= 0.3 is 6.18 Å². The van der Waals surface area contributed by atoms with E-state index in [0.29, 0.717) is 11.4 Å². The predicted molar refractivity (Wildman–Crippen MR) is 74.6 cm³/mol. The Morgan fingerprint density at radius 1 is 1.33 bits per heavy atom. The Bertz CT molecular complexity index is 486. The van der Waals surface area contributed by atoms with E-state index in [0.717, 1.165) is 0 Å². The molecule has 0 bridgehead atoms. The average Bonchev–Trinajstić information content (AvgIpc) is 2.45. The van der Waals surface area contributed by atoms with Gasteiger partial charge in [-0.15, -0.1) is 0 Å². The molecule has 0 amide bonds. The van der Waals surface area contributed by atoms with Crippen LogP contribution in [0, 0.1) is 11.1 Å². The van der Waals surface area contributed by atoms with Crippen LogP contribution in [-0.2, 0) is 0 Å². The molecule has 0 saturated carbocycles. The van der Waals surface area contributed by atoms with Gasteiger partial charge in [-0.2, -0.15) is 13.2 Å². The minimum Gasteiger partial charge on any atom is -0.733 e. The van der Waals surface area contributed by atoms with Crippen molar-refractivity contribution in [3.8, 4) is 0 Å². The van der Waals surface area contributed by atoms with Crippen molar-refractivity contribution in [2.75, 3.05) is 35.6 Å². The maximum absolute atomic E-state index is 12.6. The zero-order chi connectivity index (χ0) is 15.6. The Morgan fingerprint density at radius 3 is 2.43 bits per heavy atom. The van der Waals surface area contributed by atoms with Crippen LogP contribution in [0.5, 0.6) is 0 Å². The van der Waals surface area contributed by atoms with Crippen LogP contribution in [0.2, 0.25) is 0 Å². The van der Waals surface area contributed by atoms with Crippen molar-refractivity contribution in [1.82, 2.24) is 0 Å². The number of nitrogens with one attached hydrogen (secondary N) is 1. The summed E-state index contributed by atoms with van der Waals surface area (Å²) >= 11 is 0. The van der Waals surface area contributed by atoms with Crippen molar-refractivity contribution in [3.63, 3.8) is 0 Å². The summed E-state index contributed by atoms with van der Waals surface area (Å²) in [6.07, 6.45) is -4.08. The van der Waals surface area contributed by atoms with Crippen molar-refractivity contribution < 1.29 is 18.4 Å². The molecule has 1 fully saturated rings. The second-order valence-electron chi connectivity index (χ2n) is 5.03. The standard InChI is InChI=1S/C13H17F3N3O2/c1-17-11-3-2-10(8-12(11)19(20)21)18-6-4-9(5-7-18)13(14,15)16/h2-3,8-9,17,20H,4-7H2,1H3/q-1. The minimum atomic E-state index is -4.15. The van der Waals surface area contributed by atoms with Crippen LogP contribution in [0.3, 0.4) is 0 Å². The molecular weight excluding hydrogens is 287 g/mol. The lowest BCUT2D eigenvalue weighted by atomic mass is 9.96. The van der Waals surface area contributed by atoms with Crippen LogP contribution in [0.4, 0.5) is 30.2 Å². The largest absolute Gasteiger partial charge is 0.733 e. The predicted octanol–water partition coefficient (Wildman–Crippen LogP) is 3.20. The molecular formula is C13H17F3N3O2-. The maximum Gasteiger partial charge on any atom is 0.391 e. The molecule has 0 spiro atoms. The fraction of sp³-hybridized carbons (Fsp3) is 0.538. The highest BCUT2D eigenvalue weighted by Gasteiger charge is 2.41. The van der Waals surface area contributed by atoms with E-state index in [-0.39, 0.29) is 36.8 Å². The molecule has 0 unspecified atom stereocenters. The van der Waals surface area contributed by atoms with E-state index in [4.69, 9.17) is 5.21 Å². The van der Waals surface area contributed by atoms with Crippen LogP contribution < -0.4 is 15.4 Å². The first-order valence-electron chi connectivity index (χ1n) is 6.62. The van der Waals surface area contributed by atoms with Gasteiger partial charge in [0.25, 0.3) is 0 Å². The van der Waals surface area contributed by atoms with Crippen LogP contribution in [-0.4, -0.2) is 31.5 Å². The molecule has 1 aliphatic rings. The van der Waals surface area contributed by atoms with Crippen molar-refractivity contribution in [3.05, 3.63) is 23.4 Å².